The van der Waals surface area contributed by atoms with Gasteiger partial charge in [-0.15, -0.1) is 5.10 Å². The molecule has 7 heteroatoms. The number of aryl methyl sites for hydroxylation is 2. The van der Waals surface area contributed by atoms with Crippen molar-refractivity contribution in [1.29, 1.82) is 0 Å². The van der Waals surface area contributed by atoms with Gasteiger partial charge in [-0.2, -0.15) is 5.10 Å². The van der Waals surface area contributed by atoms with E-state index in [1.807, 2.05) is 30.7 Å². The summed E-state index contributed by atoms with van der Waals surface area (Å²) in [6.07, 6.45) is 4.16. The minimum atomic E-state index is -0.215. The molecule has 1 aliphatic carbocycles. The van der Waals surface area contributed by atoms with E-state index in [1.165, 1.54) is 0 Å². The maximum atomic E-state index is 12.3. The fraction of sp³-hybridized carbons (Fsp3) is 0.385. The Labute approximate surface area is 124 Å². The lowest BCUT2D eigenvalue weighted by molar-refractivity contribution is 0.101. The number of hydrogen-bond acceptors (Lipinski definition) is 4. The van der Waals surface area contributed by atoms with E-state index < -0.39 is 0 Å². The van der Waals surface area contributed by atoms with Gasteiger partial charge in [0.1, 0.15) is 5.69 Å². The molecule has 1 fully saturated rings. The second-order valence-corrected chi connectivity index (χ2v) is 5.86. The van der Waals surface area contributed by atoms with Crippen molar-refractivity contribution in [1.82, 2.24) is 19.7 Å². The Kier molecular flexibility index (Phi) is 3.29. The summed E-state index contributed by atoms with van der Waals surface area (Å²) in [5, 5.41) is 10.5. The van der Waals surface area contributed by atoms with Crippen LogP contribution in [-0.4, -0.2) is 25.7 Å². The van der Waals surface area contributed by atoms with Gasteiger partial charge in [-0.05, 0) is 48.7 Å². The van der Waals surface area contributed by atoms with Crippen LogP contribution in [0.25, 0.3) is 0 Å². The molecule has 2 aromatic rings. The van der Waals surface area contributed by atoms with Gasteiger partial charge < -0.3 is 4.57 Å². The summed E-state index contributed by atoms with van der Waals surface area (Å²) >= 11 is 3.41. The van der Waals surface area contributed by atoms with Gasteiger partial charge in [0.2, 0.25) is 5.95 Å². The molecule has 0 bridgehead atoms. The van der Waals surface area contributed by atoms with Crippen LogP contribution in [0.4, 0.5) is 5.95 Å². The van der Waals surface area contributed by atoms with Gasteiger partial charge >= 0.3 is 0 Å². The van der Waals surface area contributed by atoms with Crippen LogP contribution in [0.2, 0.25) is 0 Å². The molecule has 6 nitrogen and oxygen atoms in total. The minimum absolute atomic E-state index is 0.215. The monoisotopic (exact) mass is 335 g/mol. The van der Waals surface area contributed by atoms with Gasteiger partial charge in [0, 0.05) is 16.7 Å². The number of carbonyl (C=O) groups excluding carboxylic acids is 1. The lowest BCUT2D eigenvalue weighted by atomic mass is 10.4. The normalized spacial score (nSPS) is 14.3. The van der Waals surface area contributed by atoms with E-state index in [-0.39, 0.29) is 11.9 Å². The van der Waals surface area contributed by atoms with Crippen molar-refractivity contribution in [2.45, 2.75) is 32.7 Å². The van der Waals surface area contributed by atoms with E-state index in [1.54, 1.807) is 0 Å². The number of halogens is 1. The number of rotatable bonds is 3. The van der Waals surface area contributed by atoms with E-state index in [9.17, 15) is 4.79 Å². The molecule has 1 N–H and O–H groups in total. The van der Waals surface area contributed by atoms with E-state index >= 15 is 0 Å². The van der Waals surface area contributed by atoms with Gasteiger partial charge in [-0.1, -0.05) is 0 Å². The lowest BCUT2D eigenvalue weighted by Crippen LogP contribution is -2.18. The van der Waals surface area contributed by atoms with Crippen LogP contribution in [0.3, 0.4) is 0 Å². The van der Waals surface area contributed by atoms with Crippen molar-refractivity contribution in [3.8, 4) is 0 Å². The van der Waals surface area contributed by atoms with Gasteiger partial charge in [0.25, 0.3) is 5.91 Å². The van der Waals surface area contributed by atoms with Crippen molar-refractivity contribution in [2.75, 3.05) is 5.32 Å². The predicted octanol–water partition coefficient (Wildman–Crippen LogP) is 2.64. The Morgan fingerprint density at radius 2 is 2.10 bits per heavy atom. The van der Waals surface area contributed by atoms with Crippen molar-refractivity contribution in [3.05, 3.63) is 33.8 Å². The molecule has 0 saturated heterocycles. The topological polar surface area (TPSA) is 72.7 Å². The Morgan fingerprint density at radius 3 is 2.75 bits per heavy atom. The maximum absolute atomic E-state index is 12.3. The first-order valence-corrected chi connectivity index (χ1v) is 7.20. The predicted molar refractivity (Wildman–Crippen MR) is 77.7 cm³/mol. The van der Waals surface area contributed by atoms with Gasteiger partial charge in [-0.3, -0.25) is 10.1 Å². The highest BCUT2D eigenvalue weighted by Gasteiger charge is 2.28. The quantitative estimate of drug-likeness (QED) is 0.935. The second-order valence-electron chi connectivity index (χ2n) is 4.94. The number of nitrogens with one attached hydrogen (secondary N) is 1. The van der Waals surface area contributed by atoms with Crippen LogP contribution in [0.1, 0.15) is 40.8 Å². The molecule has 1 amide bonds. The third kappa shape index (κ3) is 2.58. The van der Waals surface area contributed by atoms with Crippen LogP contribution in [0.15, 0.2) is 16.7 Å². The van der Waals surface area contributed by atoms with Crippen LogP contribution >= 0.6 is 15.9 Å². The number of amides is 1. The summed E-state index contributed by atoms with van der Waals surface area (Å²) in [7, 11) is 0. The Bertz CT molecular complexity index is 677. The minimum Gasteiger partial charge on any atom is -0.339 e. The molecule has 0 spiro atoms. The molecule has 0 radical (unpaired) electrons. The van der Waals surface area contributed by atoms with E-state index in [0.29, 0.717) is 11.7 Å². The van der Waals surface area contributed by atoms with Crippen molar-refractivity contribution < 1.29 is 4.79 Å². The first-order chi connectivity index (χ1) is 9.54. The molecule has 0 atom stereocenters. The van der Waals surface area contributed by atoms with E-state index in [0.717, 1.165) is 28.7 Å². The molecule has 2 aromatic heterocycles. The largest absolute Gasteiger partial charge is 0.339 e. The fourth-order valence-electron chi connectivity index (χ4n) is 1.96. The molecule has 0 aliphatic heterocycles. The summed E-state index contributed by atoms with van der Waals surface area (Å²) in [4.78, 5) is 16.5. The highest BCUT2D eigenvalue weighted by Crippen LogP contribution is 2.37. The second kappa shape index (κ2) is 4.97. The summed E-state index contributed by atoms with van der Waals surface area (Å²) in [6.45, 7) is 3.67. The fourth-order valence-corrected chi connectivity index (χ4v) is 2.40. The van der Waals surface area contributed by atoms with Crippen LogP contribution in [0.5, 0.6) is 0 Å². The van der Waals surface area contributed by atoms with Gasteiger partial charge in [0.05, 0.1) is 11.4 Å². The van der Waals surface area contributed by atoms with E-state index in [2.05, 4.69) is 36.4 Å². The molecular formula is C13H14BrN5O. The highest BCUT2D eigenvalue weighted by molar-refractivity contribution is 9.10. The molecule has 1 aliphatic rings. The standard InChI is InChI=1S/C13H14BrN5O/c1-7-8(2)17-18-13(15-7)16-12(20)11-5-9(14)6-19(11)10-3-4-10/h5-6,10H,3-4H2,1-2H3,(H,15,16,18,20). The molecule has 2 heterocycles. The summed E-state index contributed by atoms with van der Waals surface area (Å²) < 4.78 is 2.89. The third-order valence-corrected chi connectivity index (χ3v) is 3.74. The van der Waals surface area contributed by atoms with Crippen LogP contribution < -0.4 is 5.32 Å². The summed E-state index contributed by atoms with van der Waals surface area (Å²) in [6, 6.07) is 2.24. The number of nitrogens with zero attached hydrogens (tertiary/aromatic N) is 4. The summed E-state index contributed by atoms with van der Waals surface area (Å²) in [5.41, 5.74) is 2.13. The number of aromatic nitrogens is 4. The summed E-state index contributed by atoms with van der Waals surface area (Å²) in [5.74, 6) is 0.0189. The molecule has 1 saturated carbocycles. The molecule has 104 valence electrons. The average molecular weight is 336 g/mol. The zero-order valence-corrected chi connectivity index (χ0v) is 12.8. The van der Waals surface area contributed by atoms with Crippen molar-refractivity contribution in [3.63, 3.8) is 0 Å². The Balaban J connectivity index is 1.84. The average Bonchev–Trinajstić information content (AvgIpc) is 3.17. The first-order valence-electron chi connectivity index (χ1n) is 6.41. The zero-order valence-electron chi connectivity index (χ0n) is 11.2. The van der Waals surface area contributed by atoms with Crippen LogP contribution in [0, 0.1) is 13.8 Å². The highest BCUT2D eigenvalue weighted by atomic mass is 79.9. The molecule has 0 aromatic carbocycles. The molecule has 0 unspecified atom stereocenters. The Morgan fingerprint density at radius 1 is 1.35 bits per heavy atom. The molecule has 20 heavy (non-hydrogen) atoms. The number of hydrogen-bond donors (Lipinski definition) is 1. The number of anilines is 1. The SMILES string of the molecule is Cc1nnc(NC(=O)c2cc(Br)cn2C2CC2)nc1C. The first kappa shape index (κ1) is 13.2. The van der Waals surface area contributed by atoms with E-state index in [4.69, 9.17) is 0 Å². The Hall–Kier alpha value is -1.76. The number of carbonyl (C=O) groups is 1. The van der Waals surface area contributed by atoms with Crippen molar-refractivity contribution in [2.24, 2.45) is 0 Å². The third-order valence-electron chi connectivity index (χ3n) is 3.31. The zero-order chi connectivity index (χ0) is 14.3. The lowest BCUT2D eigenvalue weighted by Gasteiger charge is -2.07. The van der Waals surface area contributed by atoms with Crippen molar-refractivity contribution >= 4 is 27.8 Å². The smallest absolute Gasteiger partial charge is 0.274 e. The molecular weight excluding hydrogens is 322 g/mol. The van der Waals surface area contributed by atoms with Crippen LogP contribution in [-0.2, 0) is 0 Å². The van der Waals surface area contributed by atoms with Gasteiger partial charge in [-0.25, -0.2) is 4.98 Å². The maximum Gasteiger partial charge on any atom is 0.274 e. The molecule has 3 rings (SSSR count). The van der Waals surface area contributed by atoms with Gasteiger partial charge in [0.15, 0.2) is 0 Å².